The number of nitrogens with zero attached hydrogens (tertiary/aromatic N) is 1. The fourth-order valence-electron chi connectivity index (χ4n) is 4.20. The summed E-state index contributed by atoms with van der Waals surface area (Å²) in [5, 5.41) is 12.6. The number of anilines is 1. The monoisotopic (exact) mass is 439 g/mol. The maximum atomic E-state index is 12.7. The van der Waals surface area contributed by atoms with Crippen molar-refractivity contribution in [1.29, 1.82) is 5.26 Å². The number of benzene rings is 2. The number of rotatable bonds is 5. The zero-order chi connectivity index (χ0) is 22.5. The molecule has 2 aromatic carbocycles. The Labute approximate surface area is 182 Å². The fraction of sp³-hybridized carbons (Fsp3) is 0.333. The third-order valence-corrected chi connectivity index (χ3v) is 6.31. The molecule has 0 aliphatic heterocycles. The Morgan fingerprint density at radius 1 is 1.12 bits per heavy atom. The summed E-state index contributed by atoms with van der Waals surface area (Å²) in [5.74, 6) is 0.253. The Balaban J connectivity index is 1.21. The van der Waals surface area contributed by atoms with Crippen molar-refractivity contribution in [2.45, 2.75) is 37.5 Å². The van der Waals surface area contributed by atoms with Crippen LogP contribution in [-0.4, -0.2) is 17.0 Å². The van der Waals surface area contributed by atoms with E-state index in [0.29, 0.717) is 17.9 Å². The number of hydrogen-bond donors (Lipinski definition) is 2. The highest BCUT2D eigenvalue weighted by Gasteiger charge is 2.43. The van der Waals surface area contributed by atoms with Gasteiger partial charge in [-0.25, -0.2) is 0 Å². The number of halogens is 3. The average Bonchev–Trinajstić information content (AvgIpc) is 3.44. The van der Waals surface area contributed by atoms with Crippen molar-refractivity contribution in [3.63, 3.8) is 0 Å². The van der Waals surface area contributed by atoms with Gasteiger partial charge in [-0.05, 0) is 61.1 Å². The molecule has 2 aliphatic rings. The van der Waals surface area contributed by atoms with Crippen LogP contribution in [0.5, 0.6) is 5.75 Å². The molecule has 2 fully saturated rings. The summed E-state index contributed by atoms with van der Waals surface area (Å²) in [6.45, 7) is 0. The Kier molecular flexibility index (Phi) is 4.85. The van der Waals surface area contributed by atoms with Gasteiger partial charge in [0.05, 0.1) is 35.3 Å². The quantitative estimate of drug-likeness (QED) is 0.542. The molecule has 0 bridgehead atoms. The van der Waals surface area contributed by atoms with Crippen LogP contribution < -0.4 is 10.1 Å². The topological polar surface area (TPSA) is 77.9 Å². The zero-order valence-corrected chi connectivity index (χ0v) is 16.9. The molecular weight excluding hydrogens is 419 g/mol. The Morgan fingerprint density at radius 3 is 2.53 bits per heavy atom. The lowest BCUT2D eigenvalue weighted by Gasteiger charge is -2.35. The van der Waals surface area contributed by atoms with Crippen molar-refractivity contribution in [1.82, 2.24) is 4.98 Å². The van der Waals surface area contributed by atoms with E-state index in [0.717, 1.165) is 41.4 Å². The molecule has 1 heterocycles. The summed E-state index contributed by atoms with van der Waals surface area (Å²) in [6.07, 6.45) is -0.551. The number of ether oxygens (including phenoxy) is 1. The molecule has 5 nitrogen and oxygen atoms in total. The first-order valence-electron chi connectivity index (χ1n) is 10.5. The Bertz CT molecular complexity index is 1200. The lowest BCUT2D eigenvalue weighted by atomic mass is 9.77. The van der Waals surface area contributed by atoms with Crippen molar-refractivity contribution >= 4 is 22.5 Å². The number of fused-ring (bicyclic) bond motifs is 1. The lowest BCUT2D eigenvalue weighted by Crippen LogP contribution is -2.32. The first kappa shape index (κ1) is 20.4. The summed E-state index contributed by atoms with van der Waals surface area (Å²) < 4.78 is 44.2. The minimum absolute atomic E-state index is 0.0143. The van der Waals surface area contributed by atoms with E-state index in [2.05, 4.69) is 16.4 Å². The van der Waals surface area contributed by atoms with Crippen molar-refractivity contribution in [2.75, 3.05) is 5.32 Å². The molecule has 2 aliphatic carbocycles. The van der Waals surface area contributed by atoms with E-state index in [1.54, 1.807) is 18.3 Å². The van der Waals surface area contributed by atoms with Crippen LogP contribution in [0.15, 0.2) is 48.7 Å². The van der Waals surface area contributed by atoms with E-state index < -0.39 is 11.7 Å². The molecular formula is C24H20F3N3O2. The van der Waals surface area contributed by atoms with Crippen LogP contribution in [0.4, 0.5) is 18.9 Å². The Morgan fingerprint density at radius 2 is 1.88 bits per heavy atom. The van der Waals surface area contributed by atoms with E-state index >= 15 is 0 Å². The molecule has 3 aromatic rings. The molecule has 0 spiro atoms. The number of aromatic amines is 1. The van der Waals surface area contributed by atoms with Gasteiger partial charge in [-0.15, -0.1) is 0 Å². The summed E-state index contributed by atoms with van der Waals surface area (Å²) in [4.78, 5) is 15.4. The predicted octanol–water partition coefficient (Wildman–Crippen LogP) is 5.61. The van der Waals surface area contributed by atoms with E-state index in [1.807, 2.05) is 18.2 Å². The molecule has 2 saturated carbocycles. The van der Waals surface area contributed by atoms with E-state index in [9.17, 15) is 18.0 Å². The largest absolute Gasteiger partial charge is 0.490 e. The second kappa shape index (κ2) is 7.59. The number of nitrogens with one attached hydrogen (secondary N) is 2. The molecule has 1 aromatic heterocycles. The number of aromatic nitrogens is 1. The third-order valence-electron chi connectivity index (χ3n) is 6.31. The normalized spacial score (nSPS) is 24.4. The average molecular weight is 439 g/mol. The number of amides is 1. The summed E-state index contributed by atoms with van der Waals surface area (Å²) >= 11 is 0. The van der Waals surface area contributed by atoms with E-state index in [4.69, 9.17) is 10.00 Å². The molecule has 0 radical (unpaired) electrons. The maximum Gasteiger partial charge on any atom is 0.416 e. The van der Waals surface area contributed by atoms with Crippen LogP contribution in [0, 0.1) is 23.2 Å². The molecule has 0 unspecified atom stereocenters. The molecule has 2 N–H and O–H groups in total. The minimum atomic E-state index is -4.32. The number of H-pyrrole nitrogens is 1. The van der Waals surface area contributed by atoms with Gasteiger partial charge in [-0.1, -0.05) is 12.1 Å². The molecule has 5 rings (SSSR count). The first-order chi connectivity index (χ1) is 15.3. The number of carbonyl (C=O) groups excluding carboxylic acids is 1. The van der Waals surface area contributed by atoms with Crippen LogP contribution in [0.2, 0.25) is 0 Å². The molecule has 32 heavy (non-hydrogen) atoms. The van der Waals surface area contributed by atoms with Crippen molar-refractivity contribution in [3.05, 3.63) is 59.8 Å². The van der Waals surface area contributed by atoms with Gasteiger partial charge in [0.15, 0.2) is 0 Å². The van der Waals surface area contributed by atoms with Crippen molar-refractivity contribution in [2.24, 2.45) is 11.8 Å². The second-order valence-corrected chi connectivity index (χ2v) is 8.50. The minimum Gasteiger partial charge on any atom is -0.490 e. The summed E-state index contributed by atoms with van der Waals surface area (Å²) in [5.41, 5.74) is 1.76. The van der Waals surface area contributed by atoms with Gasteiger partial charge >= 0.3 is 6.18 Å². The van der Waals surface area contributed by atoms with Gasteiger partial charge in [-0.2, -0.15) is 18.4 Å². The van der Waals surface area contributed by atoms with Gasteiger partial charge < -0.3 is 15.0 Å². The van der Waals surface area contributed by atoms with Crippen LogP contribution in [0.3, 0.4) is 0 Å². The highest BCUT2D eigenvalue weighted by Crippen LogP contribution is 2.41. The van der Waals surface area contributed by atoms with E-state index in [1.165, 1.54) is 0 Å². The highest BCUT2D eigenvalue weighted by atomic mass is 19.4. The van der Waals surface area contributed by atoms with Crippen LogP contribution >= 0.6 is 0 Å². The number of hydrogen-bond acceptors (Lipinski definition) is 3. The highest BCUT2D eigenvalue weighted by molar-refractivity contribution is 6.03. The standard InChI is InChI=1S/C24H20F3N3O2/c25-24(26,27)16-3-1-13(2-4-16)14-7-18(8-14)32-17-5-6-21-20(10-17)22(12-29-21)30-23(31)19-9-15(19)11-28/h1-6,10,12,14-15,18-19,29H,7-9H2,(H,30,31)/t14-,15-,18-,19+/m1/s1. The molecule has 1 amide bonds. The first-order valence-corrected chi connectivity index (χ1v) is 10.5. The smallest absolute Gasteiger partial charge is 0.416 e. The number of alkyl halides is 3. The second-order valence-electron chi connectivity index (χ2n) is 8.50. The van der Waals surface area contributed by atoms with Crippen molar-refractivity contribution < 1.29 is 22.7 Å². The molecule has 164 valence electrons. The van der Waals surface area contributed by atoms with Gasteiger partial charge in [0.1, 0.15) is 5.75 Å². The fourth-order valence-corrected chi connectivity index (χ4v) is 4.20. The van der Waals surface area contributed by atoms with Gasteiger partial charge in [0.2, 0.25) is 5.91 Å². The lowest BCUT2D eigenvalue weighted by molar-refractivity contribution is -0.137. The molecule has 2 atom stereocenters. The number of carbonyl (C=O) groups is 1. The van der Waals surface area contributed by atoms with Gasteiger partial charge in [0.25, 0.3) is 0 Å². The number of nitriles is 1. The molecule has 8 heteroatoms. The summed E-state index contributed by atoms with van der Waals surface area (Å²) in [6, 6.07) is 13.0. The van der Waals surface area contributed by atoms with Gasteiger partial charge in [0, 0.05) is 17.1 Å². The third kappa shape index (κ3) is 3.91. The van der Waals surface area contributed by atoms with Gasteiger partial charge in [-0.3, -0.25) is 4.79 Å². The van der Waals surface area contributed by atoms with Crippen LogP contribution in [-0.2, 0) is 11.0 Å². The molecule has 0 saturated heterocycles. The van der Waals surface area contributed by atoms with Crippen LogP contribution in [0.25, 0.3) is 10.9 Å². The zero-order valence-electron chi connectivity index (χ0n) is 16.9. The van der Waals surface area contributed by atoms with E-state index in [-0.39, 0.29) is 29.8 Å². The van der Waals surface area contributed by atoms with Crippen molar-refractivity contribution in [3.8, 4) is 11.8 Å². The predicted molar refractivity (Wildman–Crippen MR) is 112 cm³/mol. The summed E-state index contributed by atoms with van der Waals surface area (Å²) in [7, 11) is 0. The SMILES string of the molecule is N#C[C@H]1C[C@@H]1C(=O)Nc1c[nH]c2ccc(O[C@H]3C[C@H](c4ccc(C(F)(F)F)cc4)C3)cc12. The Hall–Kier alpha value is -3.47. The van der Waals surface area contributed by atoms with Crippen LogP contribution in [0.1, 0.15) is 36.3 Å². The maximum absolute atomic E-state index is 12.7.